The monoisotopic (exact) mass is 508 g/mol. The summed E-state index contributed by atoms with van der Waals surface area (Å²) < 4.78 is 38.5. The fourth-order valence-electron chi connectivity index (χ4n) is 4.01. The van der Waals surface area contributed by atoms with Gasteiger partial charge in [-0.3, -0.25) is 0 Å². The second-order valence-electron chi connectivity index (χ2n) is 8.14. The van der Waals surface area contributed by atoms with E-state index in [4.69, 9.17) is 14.1 Å². The number of hydrogen-bond donors (Lipinski definition) is 0. The van der Waals surface area contributed by atoms with E-state index in [1.165, 1.54) is 11.3 Å². The van der Waals surface area contributed by atoms with Gasteiger partial charge < -0.3 is 9.15 Å². The van der Waals surface area contributed by atoms with E-state index in [9.17, 15) is 13.2 Å². The number of hydrogen-bond acceptors (Lipinski definition) is 7. The van der Waals surface area contributed by atoms with Crippen LogP contribution in [-0.4, -0.2) is 43.4 Å². The number of esters is 1. The van der Waals surface area contributed by atoms with E-state index in [1.54, 1.807) is 41.6 Å². The highest BCUT2D eigenvalue weighted by Gasteiger charge is 2.27. The molecule has 35 heavy (non-hydrogen) atoms. The summed E-state index contributed by atoms with van der Waals surface area (Å²) in [4.78, 5) is 16.8. The van der Waals surface area contributed by atoms with E-state index in [-0.39, 0.29) is 10.9 Å². The summed E-state index contributed by atoms with van der Waals surface area (Å²) in [7, 11) is -3.49. The minimum absolute atomic E-state index is 0.290. The Morgan fingerprint density at radius 1 is 1.03 bits per heavy atom. The Morgan fingerprint density at radius 2 is 1.77 bits per heavy atom. The predicted octanol–water partition coefficient (Wildman–Crippen LogP) is 5.70. The molecule has 9 heteroatoms. The number of benzene rings is 2. The molecule has 0 bridgehead atoms. The van der Waals surface area contributed by atoms with E-state index in [0.29, 0.717) is 47.5 Å². The quantitative estimate of drug-likeness (QED) is 0.298. The van der Waals surface area contributed by atoms with Crippen LogP contribution in [0.4, 0.5) is 0 Å². The van der Waals surface area contributed by atoms with Crippen LogP contribution in [0.15, 0.2) is 75.4 Å². The smallest absolute Gasteiger partial charge is 0.338 e. The highest BCUT2D eigenvalue weighted by Crippen LogP contribution is 2.34. The van der Waals surface area contributed by atoms with E-state index < -0.39 is 10.0 Å². The summed E-state index contributed by atoms with van der Waals surface area (Å²) in [6.45, 7) is 3.24. The summed E-state index contributed by atoms with van der Waals surface area (Å²) in [6.07, 6.45) is 1.80. The van der Waals surface area contributed by atoms with Crippen LogP contribution in [-0.2, 0) is 14.8 Å². The number of thiazole rings is 1. The lowest BCUT2D eigenvalue weighted by Crippen LogP contribution is -2.27. The van der Waals surface area contributed by atoms with E-state index >= 15 is 0 Å². The van der Waals surface area contributed by atoms with Gasteiger partial charge in [0.15, 0.2) is 10.8 Å². The van der Waals surface area contributed by atoms with Gasteiger partial charge in [0, 0.05) is 29.6 Å². The summed E-state index contributed by atoms with van der Waals surface area (Å²) in [6, 6.07) is 17.7. The van der Waals surface area contributed by atoms with Crippen LogP contribution in [0.25, 0.3) is 33.3 Å². The molecule has 1 aliphatic heterocycles. The van der Waals surface area contributed by atoms with Crippen molar-refractivity contribution in [3.05, 3.63) is 71.6 Å². The minimum Gasteiger partial charge on any atom is -0.462 e. The van der Waals surface area contributed by atoms with Gasteiger partial charge in [0.05, 0.1) is 22.8 Å². The van der Waals surface area contributed by atoms with Crippen LogP contribution in [0.2, 0.25) is 0 Å². The normalized spacial score (nSPS) is 14.3. The average Bonchev–Trinajstić information content (AvgIpc) is 3.66. The predicted molar refractivity (Wildman–Crippen MR) is 135 cm³/mol. The lowest BCUT2D eigenvalue weighted by atomic mass is 10.1. The van der Waals surface area contributed by atoms with Gasteiger partial charge in [0.25, 0.3) is 0 Å². The van der Waals surface area contributed by atoms with Crippen molar-refractivity contribution >= 4 is 27.3 Å². The molecule has 0 unspecified atom stereocenters. The number of furan rings is 1. The van der Waals surface area contributed by atoms with Crippen LogP contribution in [0.3, 0.4) is 0 Å². The molecule has 2 aromatic carbocycles. The first kappa shape index (κ1) is 23.5. The van der Waals surface area contributed by atoms with Crippen molar-refractivity contribution in [2.24, 2.45) is 0 Å². The zero-order valence-corrected chi connectivity index (χ0v) is 20.8. The average molecular weight is 509 g/mol. The fraction of sp³-hybridized carbons (Fsp3) is 0.231. The summed E-state index contributed by atoms with van der Waals surface area (Å²) in [5, 5.41) is 2.59. The summed E-state index contributed by atoms with van der Waals surface area (Å²) in [5.41, 5.74) is 2.76. The molecule has 0 atom stereocenters. The summed E-state index contributed by atoms with van der Waals surface area (Å²) in [5.74, 6) is 0.921. The molecular weight excluding hydrogens is 484 g/mol. The molecule has 0 saturated carbocycles. The Morgan fingerprint density at radius 3 is 2.51 bits per heavy atom. The molecule has 3 heterocycles. The lowest BCUT2D eigenvalue weighted by Gasteiger charge is -2.15. The van der Waals surface area contributed by atoms with Gasteiger partial charge in [0.2, 0.25) is 10.0 Å². The van der Waals surface area contributed by atoms with Gasteiger partial charge in [-0.2, -0.15) is 4.31 Å². The molecule has 0 aliphatic carbocycles. The zero-order chi connectivity index (χ0) is 24.4. The van der Waals surface area contributed by atoms with Crippen molar-refractivity contribution in [2.45, 2.75) is 24.7 Å². The molecule has 0 N–H and O–H groups in total. The molecule has 4 aromatic rings. The third-order valence-electron chi connectivity index (χ3n) is 5.83. The van der Waals surface area contributed by atoms with Crippen molar-refractivity contribution in [1.29, 1.82) is 0 Å². The molecule has 5 rings (SSSR count). The topological polar surface area (TPSA) is 89.7 Å². The Labute approximate surface area is 208 Å². The highest BCUT2D eigenvalue weighted by molar-refractivity contribution is 7.89. The molecule has 1 aliphatic rings. The maximum absolute atomic E-state index is 12.9. The number of sulfonamides is 1. The first-order chi connectivity index (χ1) is 17.0. The fourth-order valence-corrected chi connectivity index (χ4v) is 6.36. The van der Waals surface area contributed by atoms with Crippen molar-refractivity contribution in [3.63, 3.8) is 0 Å². The summed E-state index contributed by atoms with van der Waals surface area (Å²) >= 11 is 1.43. The van der Waals surface area contributed by atoms with Gasteiger partial charge in [-0.05, 0) is 56.2 Å². The number of carbonyl (C=O) groups excluding carboxylic acids is 1. The third-order valence-corrected chi connectivity index (χ3v) is 8.59. The first-order valence-electron chi connectivity index (χ1n) is 11.4. The van der Waals surface area contributed by atoms with Crippen LogP contribution >= 0.6 is 11.3 Å². The van der Waals surface area contributed by atoms with Crippen LogP contribution in [0.1, 0.15) is 30.1 Å². The van der Waals surface area contributed by atoms with Crippen molar-refractivity contribution < 1.29 is 22.4 Å². The Kier molecular flexibility index (Phi) is 6.55. The SMILES string of the molecule is CCOC(=O)c1ccc(-c2ccc(-c3nc(-c4cccc(S(=O)(=O)N5CCCC5)c4)cs3)o2)cc1. The van der Waals surface area contributed by atoms with E-state index in [2.05, 4.69) is 0 Å². The Balaban J connectivity index is 1.36. The zero-order valence-electron chi connectivity index (χ0n) is 19.1. The van der Waals surface area contributed by atoms with Gasteiger partial charge in [-0.25, -0.2) is 18.2 Å². The molecule has 1 fully saturated rings. The van der Waals surface area contributed by atoms with Crippen molar-refractivity contribution in [1.82, 2.24) is 9.29 Å². The van der Waals surface area contributed by atoms with Gasteiger partial charge >= 0.3 is 5.97 Å². The second kappa shape index (κ2) is 9.77. The second-order valence-corrected chi connectivity index (χ2v) is 10.9. The van der Waals surface area contributed by atoms with Crippen molar-refractivity contribution in [2.75, 3.05) is 19.7 Å². The number of aromatic nitrogens is 1. The van der Waals surface area contributed by atoms with Gasteiger partial charge in [-0.1, -0.05) is 24.3 Å². The lowest BCUT2D eigenvalue weighted by molar-refractivity contribution is 0.0526. The third kappa shape index (κ3) is 4.80. The maximum atomic E-state index is 12.9. The number of ether oxygens (including phenoxy) is 1. The van der Waals surface area contributed by atoms with Gasteiger partial charge in [0.1, 0.15) is 5.76 Å². The number of nitrogens with zero attached hydrogens (tertiary/aromatic N) is 2. The molecular formula is C26H24N2O5S2. The molecule has 0 radical (unpaired) electrons. The van der Waals surface area contributed by atoms with Crippen LogP contribution < -0.4 is 0 Å². The number of rotatable bonds is 7. The molecule has 7 nitrogen and oxygen atoms in total. The van der Waals surface area contributed by atoms with E-state index in [0.717, 1.165) is 24.0 Å². The number of carbonyl (C=O) groups is 1. The Hall–Kier alpha value is -3.27. The Bertz CT molecular complexity index is 1450. The highest BCUT2D eigenvalue weighted by atomic mass is 32.2. The van der Waals surface area contributed by atoms with Crippen LogP contribution in [0.5, 0.6) is 0 Å². The first-order valence-corrected chi connectivity index (χ1v) is 13.7. The molecule has 0 spiro atoms. The van der Waals surface area contributed by atoms with Gasteiger partial charge in [-0.15, -0.1) is 11.3 Å². The van der Waals surface area contributed by atoms with Crippen LogP contribution in [0, 0.1) is 0 Å². The molecule has 2 aromatic heterocycles. The van der Waals surface area contributed by atoms with E-state index in [1.807, 2.05) is 35.7 Å². The molecule has 0 amide bonds. The molecule has 1 saturated heterocycles. The minimum atomic E-state index is -3.49. The molecule has 180 valence electrons. The standard InChI is InChI=1S/C26H24N2O5S2/c1-2-32-26(29)19-10-8-18(9-11-19)23-12-13-24(33-23)25-27-22(17-34-25)20-6-5-7-21(16-20)35(30,31)28-14-3-4-15-28/h5-13,16-17H,2-4,14-15H2,1H3. The van der Waals surface area contributed by atoms with Crippen molar-refractivity contribution in [3.8, 4) is 33.3 Å². The maximum Gasteiger partial charge on any atom is 0.338 e. The largest absolute Gasteiger partial charge is 0.462 e.